The van der Waals surface area contributed by atoms with Crippen LogP contribution < -0.4 is 70.0 Å². The number of nitriles is 1. The molecular formula is C78H103Cl9N18O18. The van der Waals surface area contributed by atoms with E-state index in [1.165, 1.54) is 38.5 Å². The van der Waals surface area contributed by atoms with E-state index in [2.05, 4.69) is 84.5 Å². The molecule has 676 valence electrons. The van der Waals surface area contributed by atoms with Gasteiger partial charge in [-0.15, -0.1) is 12.4 Å². The molecule has 0 radical (unpaired) electrons. The number of methoxy groups -OCH3 is 2. The highest BCUT2D eigenvalue weighted by atomic mass is 35.5. The van der Waals surface area contributed by atoms with Gasteiger partial charge in [0.25, 0.3) is 17.7 Å². The lowest BCUT2D eigenvalue weighted by atomic mass is 9.91. The van der Waals surface area contributed by atoms with Crippen LogP contribution in [0.25, 0.3) is 0 Å². The molecule has 4 aliphatic heterocycles. The molecule has 4 aliphatic carbocycles. The normalized spacial score (nSPS) is 20.2. The Morgan fingerprint density at radius 2 is 0.683 bits per heavy atom. The number of nitrogens with zero attached hydrogens (tertiary/aromatic N) is 1. The average Bonchev–Trinajstić information content (AvgIpc) is 1.69. The van der Waals surface area contributed by atoms with Crippen LogP contribution in [0.3, 0.4) is 0 Å². The maximum absolute atomic E-state index is 13.0. The second kappa shape index (κ2) is 49.2. The summed E-state index contributed by atoms with van der Waals surface area (Å²) in [7, 11) is 2.50. The molecule has 8 heterocycles. The van der Waals surface area contributed by atoms with E-state index in [0.717, 1.165) is 77.0 Å². The van der Waals surface area contributed by atoms with Gasteiger partial charge in [0.2, 0.25) is 53.2 Å². The minimum Gasteiger partial charge on any atom is -0.477 e. The standard InChI is InChI=1S/C20H26Cl2N4O5.C19H25Cl2N5O4.C19H23Cl2N5O3.C15H25N3O4.C5H3Cl2NO2.ClH/c1-31-20(30)15(8-11-3-2-6-23-17(11)27)26-18(28)13(7-10-4-5-10)25-19(29)14-9-12(21)16(22)24-14;20-11-8-14(24-15(11)21)19(30)26-13(6-9-3-4-9)18(29)25-12(16(22)27)7-10-2-1-5-23-17(10)28;20-13-8-15(25-16(13)21)19(29)26-14(6-10-3-4-10)18(28)24-12(9-22)7-11-2-1-5-23-17(11)27;1-22-15(21)12(8-10-3-2-6-17-13(10)19)18-14(20)11(16)7-9-4-5-9;6-2-1-3(5(9)10)8-4(2)7;/h9-11,13,15,24H,2-8H2,1H3,(H,23,27)(H,25,29)(H,26,28);8-10,12-13,24H,1-7H2,(H2,22,27)(H,23,28)(H,25,29)(H,26,30);8,10-12,14,25H,1-7H2,(H,23,27)(H,24,28)(H,26,29);9-12H,2-8,16H2,1H3,(H,17,19)(H,18,20);1,8H,(H,9,10);1H/t11-,13-,15-;10-,12-,13-;11-,12-,14-;10-,11-,12-;;/m0000../s1. The Morgan fingerprint density at radius 1 is 0.407 bits per heavy atom. The third-order valence-electron chi connectivity index (χ3n) is 21.6. The van der Waals surface area contributed by atoms with Crippen molar-refractivity contribution in [2.45, 2.75) is 202 Å². The molecule has 20 N–H and O–H groups in total. The van der Waals surface area contributed by atoms with Gasteiger partial charge in [-0.05, 0) is 151 Å². The van der Waals surface area contributed by atoms with E-state index in [1.807, 2.05) is 0 Å². The largest absolute Gasteiger partial charge is 0.477 e. The zero-order valence-electron chi connectivity index (χ0n) is 67.3. The third kappa shape index (κ3) is 33.3. The summed E-state index contributed by atoms with van der Waals surface area (Å²) in [4.78, 5) is 193. The Morgan fingerprint density at radius 3 is 0.943 bits per heavy atom. The van der Waals surface area contributed by atoms with Crippen molar-refractivity contribution in [2.24, 2.45) is 58.8 Å². The Hall–Kier alpha value is -8.77. The number of carboxylic acids is 1. The fourth-order valence-corrected chi connectivity index (χ4v) is 15.2. The molecule has 36 nitrogen and oxygen atoms in total. The van der Waals surface area contributed by atoms with Gasteiger partial charge in [0, 0.05) is 49.9 Å². The van der Waals surface area contributed by atoms with E-state index in [1.54, 1.807) is 0 Å². The van der Waals surface area contributed by atoms with Gasteiger partial charge in [-0.3, -0.25) is 57.5 Å². The summed E-state index contributed by atoms with van der Waals surface area (Å²) in [5.41, 5.74) is 11.7. The molecule has 4 saturated carbocycles. The first-order valence-corrected chi connectivity index (χ1v) is 43.3. The molecule has 12 amide bonds. The molecule has 0 spiro atoms. The molecule has 0 bridgehead atoms. The summed E-state index contributed by atoms with van der Waals surface area (Å²) in [6, 6.07) is 0.743. The van der Waals surface area contributed by atoms with Crippen molar-refractivity contribution in [3.8, 4) is 6.07 Å². The van der Waals surface area contributed by atoms with Crippen molar-refractivity contribution in [2.75, 3.05) is 40.4 Å². The first-order chi connectivity index (χ1) is 58.0. The van der Waals surface area contributed by atoms with Gasteiger partial charge < -0.3 is 104 Å². The number of H-pyrrole nitrogens is 4. The van der Waals surface area contributed by atoms with Gasteiger partial charge >= 0.3 is 17.9 Å². The van der Waals surface area contributed by atoms with Gasteiger partial charge in [-0.25, -0.2) is 14.4 Å². The number of piperidine rings is 4. The van der Waals surface area contributed by atoms with Crippen LogP contribution in [0, 0.1) is 58.7 Å². The van der Waals surface area contributed by atoms with Gasteiger partial charge in [0.05, 0.1) is 46.4 Å². The lowest BCUT2D eigenvalue weighted by Crippen LogP contribution is -2.54. The number of aromatic carboxylic acids is 1. The van der Waals surface area contributed by atoms with Crippen LogP contribution in [0.5, 0.6) is 0 Å². The molecule has 4 saturated heterocycles. The second-order valence-electron chi connectivity index (χ2n) is 31.4. The molecule has 4 aromatic rings. The summed E-state index contributed by atoms with van der Waals surface area (Å²) in [6.45, 7) is 2.51. The quantitative estimate of drug-likeness (QED) is 0.0206. The van der Waals surface area contributed by atoms with E-state index >= 15 is 0 Å². The van der Waals surface area contributed by atoms with Crippen LogP contribution in [-0.4, -0.2) is 203 Å². The number of hydrogen-bond donors (Lipinski definition) is 18. The summed E-state index contributed by atoms with van der Waals surface area (Å²) >= 11 is 46.0. The molecule has 0 unspecified atom stereocenters. The van der Waals surface area contributed by atoms with Crippen molar-refractivity contribution < 1.29 is 86.5 Å². The van der Waals surface area contributed by atoms with Crippen molar-refractivity contribution >= 4 is 194 Å². The van der Waals surface area contributed by atoms with E-state index in [0.29, 0.717) is 101 Å². The van der Waals surface area contributed by atoms with Gasteiger partial charge in [0.15, 0.2) is 0 Å². The van der Waals surface area contributed by atoms with E-state index < -0.39 is 119 Å². The molecule has 45 heteroatoms. The van der Waals surface area contributed by atoms with Crippen molar-refractivity contribution in [3.63, 3.8) is 0 Å². The Kier molecular flexibility index (Phi) is 40.5. The lowest BCUT2D eigenvalue weighted by Gasteiger charge is -2.27. The number of amides is 12. The fraction of sp³-hybridized carbons (Fsp3) is 0.590. The molecule has 8 fully saturated rings. The van der Waals surface area contributed by atoms with Crippen LogP contribution >= 0.6 is 105 Å². The summed E-state index contributed by atoms with van der Waals surface area (Å²) in [5.74, 6) is -6.60. The van der Waals surface area contributed by atoms with Crippen LogP contribution in [-0.2, 0) is 62.2 Å². The SMILES string of the molecule is COC(=O)[C@H](C[C@@H]1CCCNC1=O)NC(=O)[C@@H](N)CC1CC1.COC(=O)[C@H](C[C@@H]1CCCNC1=O)NC(=O)[C@H](CC1CC1)NC(=O)c1cc(Cl)c(Cl)[nH]1.Cl.N#C[C@H](C[C@@H]1CCCNC1=O)NC(=O)[C@H](CC1CC1)NC(=O)c1cc(Cl)c(Cl)[nH]1.NC(=O)[C@H](C[C@@H]1CCCNC1=O)NC(=O)[C@H](CC1CC1)NC(=O)c1cc(Cl)c(Cl)[nH]1.O=C(O)c1cc(Cl)c(Cl)[nH]1. The molecular weight excluding hydrogens is 1800 g/mol. The van der Waals surface area contributed by atoms with E-state index in [4.69, 9.17) is 119 Å². The first kappa shape index (κ1) is 101. The van der Waals surface area contributed by atoms with Crippen LogP contribution in [0.15, 0.2) is 24.3 Å². The van der Waals surface area contributed by atoms with E-state index in [-0.39, 0.29) is 143 Å². The van der Waals surface area contributed by atoms with Crippen LogP contribution in [0.1, 0.15) is 196 Å². The smallest absolute Gasteiger partial charge is 0.352 e. The number of carbonyl (C=O) groups is 15. The number of halogens is 9. The number of nitrogens with two attached hydrogens (primary N) is 2. The maximum atomic E-state index is 13.0. The topological polar surface area (TPSA) is 566 Å². The van der Waals surface area contributed by atoms with E-state index in [9.17, 15) is 77.2 Å². The van der Waals surface area contributed by atoms with Crippen molar-refractivity contribution in [1.82, 2.24) is 78.4 Å². The molecule has 12 atom stereocenters. The summed E-state index contributed by atoms with van der Waals surface area (Å²) in [6.07, 6.45) is 16.9. The number of carboxylic acid groups (broad SMARTS) is 1. The minimum atomic E-state index is -1.08. The molecule has 4 aromatic heterocycles. The number of esters is 2. The third-order valence-corrected chi connectivity index (χ3v) is 24.3. The first-order valence-electron chi connectivity index (χ1n) is 40.3. The molecule has 12 rings (SSSR count). The number of nitrogens with one attached hydrogen (secondary N) is 15. The highest BCUT2D eigenvalue weighted by molar-refractivity contribution is 6.43. The van der Waals surface area contributed by atoms with Gasteiger partial charge in [0.1, 0.15) is 85.7 Å². The fourth-order valence-electron chi connectivity index (χ4n) is 14.0. The number of aromatic amines is 4. The zero-order valence-corrected chi connectivity index (χ0v) is 74.1. The zero-order chi connectivity index (χ0) is 89.2. The lowest BCUT2D eigenvalue weighted by molar-refractivity contribution is -0.146. The Balaban J connectivity index is 0.000000217. The minimum absolute atomic E-state index is 0. The number of primary amides is 1. The number of carbonyl (C=O) groups excluding carboxylic acids is 14. The summed E-state index contributed by atoms with van der Waals surface area (Å²) in [5, 5.41) is 49.0. The maximum Gasteiger partial charge on any atom is 0.352 e. The summed E-state index contributed by atoms with van der Waals surface area (Å²) < 4.78 is 9.56. The highest BCUT2D eigenvalue weighted by Crippen LogP contribution is 2.37. The van der Waals surface area contributed by atoms with Crippen molar-refractivity contribution in [1.29, 1.82) is 5.26 Å². The predicted molar refractivity (Wildman–Crippen MR) is 457 cm³/mol. The number of rotatable bonds is 34. The monoisotopic (exact) mass is 1890 g/mol. The average molecular weight is 1900 g/mol. The van der Waals surface area contributed by atoms with Crippen LogP contribution in [0.2, 0.25) is 40.7 Å². The predicted octanol–water partition coefficient (Wildman–Crippen LogP) is 7.17. The Bertz CT molecular complexity index is 4390. The molecule has 123 heavy (non-hydrogen) atoms. The van der Waals surface area contributed by atoms with Gasteiger partial charge in [-0.2, -0.15) is 5.26 Å². The highest BCUT2D eigenvalue weighted by Gasteiger charge is 2.40. The number of aromatic nitrogens is 4. The Labute approximate surface area is 754 Å². The molecule has 8 aliphatic rings. The number of ether oxygens (including phenoxy) is 2. The van der Waals surface area contributed by atoms with Crippen molar-refractivity contribution in [3.05, 3.63) is 87.7 Å². The number of hydrogen-bond acceptors (Lipinski definition) is 19. The van der Waals surface area contributed by atoms with Crippen LogP contribution in [0.4, 0.5) is 0 Å². The second-order valence-corrected chi connectivity index (χ2v) is 34.5. The molecule has 0 aromatic carbocycles. The van der Waals surface area contributed by atoms with Gasteiger partial charge in [-0.1, -0.05) is 144 Å².